The van der Waals surface area contributed by atoms with Gasteiger partial charge in [-0.15, -0.1) is 0 Å². The number of nitrogens with zero attached hydrogens (tertiary/aromatic N) is 4. The van der Waals surface area contributed by atoms with Crippen molar-refractivity contribution < 1.29 is 37.1 Å². The van der Waals surface area contributed by atoms with Crippen molar-refractivity contribution in [3.05, 3.63) is 105 Å². The third-order valence-electron chi connectivity index (χ3n) is 16.0. The second-order valence-electron chi connectivity index (χ2n) is 21.5. The highest BCUT2D eigenvalue weighted by Crippen LogP contribution is 2.50. The molecule has 17 heteroatoms. The van der Waals surface area contributed by atoms with Crippen LogP contribution in [0.25, 0.3) is 11.0 Å². The quantitative estimate of drug-likeness (QED) is 0.0684. The van der Waals surface area contributed by atoms with Gasteiger partial charge in [0.05, 0.1) is 38.1 Å². The van der Waals surface area contributed by atoms with Gasteiger partial charge in [-0.2, -0.15) is 0 Å². The van der Waals surface area contributed by atoms with E-state index in [-0.39, 0.29) is 63.8 Å². The number of aromatic nitrogens is 2. The Balaban J connectivity index is 0.892. The van der Waals surface area contributed by atoms with E-state index in [1.54, 1.807) is 19.1 Å². The number of hydrogen-bond acceptors (Lipinski definition) is 12. The first-order valence-corrected chi connectivity index (χ1v) is 26.4. The number of hydrogen-bond donors (Lipinski definition) is 4. The maximum atomic E-state index is 15.0. The zero-order valence-corrected chi connectivity index (χ0v) is 41.4. The number of sulfonamides is 1. The van der Waals surface area contributed by atoms with Crippen LogP contribution in [0.3, 0.4) is 0 Å². The number of piperidine rings is 1. The molecule has 4 N–H and O–H groups in total. The van der Waals surface area contributed by atoms with E-state index in [1.807, 2.05) is 13.8 Å². The summed E-state index contributed by atoms with van der Waals surface area (Å²) in [6.45, 7) is 14.0. The molecule has 0 bridgehead atoms. The second-order valence-corrected chi connectivity index (χ2v) is 23.2. The molecule has 1 unspecified atom stereocenters. The molecule has 5 aliphatic rings. The first kappa shape index (κ1) is 47.9. The van der Waals surface area contributed by atoms with E-state index in [9.17, 15) is 32.8 Å². The van der Waals surface area contributed by atoms with Gasteiger partial charge in [-0.25, -0.2) is 22.5 Å². The van der Waals surface area contributed by atoms with E-state index in [0.29, 0.717) is 54.9 Å². The molecule has 2 aromatic heterocycles. The molecule has 5 heterocycles. The van der Waals surface area contributed by atoms with Gasteiger partial charge in [0.15, 0.2) is 11.4 Å². The molecule has 3 atom stereocenters. The second kappa shape index (κ2) is 18.4. The third kappa shape index (κ3) is 9.20. The number of rotatable bonds is 12. The van der Waals surface area contributed by atoms with Crippen molar-refractivity contribution in [1.29, 1.82) is 0 Å². The average molecular weight is 978 g/mol. The van der Waals surface area contributed by atoms with Gasteiger partial charge >= 0.3 is 0 Å². The van der Waals surface area contributed by atoms with E-state index < -0.39 is 42.9 Å². The monoisotopic (exact) mass is 977 g/mol. The number of benzene rings is 3. The summed E-state index contributed by atoms with van der Waals surface area (Å²) >= 11 is 0. The lowest BCUT2D eigenvalue weighted by Gasteiger charge is -2.57. The van der Waals surface area contributed by atoms with Crippen LogP contribution in [0.2, 0.25) is 0 Å². The summed E-state index contributed by atoms with van der Waals surface area (Å²) in [7, 11) is -4.73. The maximum Gasteiger partial charge on any atom is 0.297 e. The summed E-state index contributed by atoms with van der Waals surface area (Å²) in [4.78, 5) is 38.1. The van der Waals surface area contributed by atoms with Crippen molar-refractivity contribution in [2.24, 2.45) is 11.3 Å². The lowest BCUT2D eigenvalue weighted by atomic mass is 9.70. The molecule has 2 aliphatic carbocycles. The third-order valence-corrected chi connectivity index (χ3v) is 17.3. The molecule has 3 aliphatic heterocycles. The Kier molecular flexibility index (Phi) is 12.6. The Morgan fingerprint density at radius 3 is 2.44 bits per heavy atom. The number of nitro groups is 1. The van der Waals surface area contributed by atoms with Gasteiger partial charge in [-0.1, -0.05) is 58.4 Å². The Morgan fingerprint density at radius 1 is 0.986 bits per heavy atom. The van der Waals surface area contributed by atoms with Gasteiger partial charge < -0.3 is 29.8 Å². The highest BCUT2D eigenvalue weighted by atomic mass is 32.2. The van der Waals surface area contributed by atoms with Crippen LogP contribution in [-0.4, -0.2) is 89.7 Å². The summed E-state index contributed by atoms with van der Waals surface area (Å²) in [5, 5.41) is 26.4. The predicted molar refractivity (Wildman–Crippen MR) is 266 cm³/mol. The zero-order chi connectivity index (χ0) is 49.3. The van der Waals surface area contributed by atoms with Crippen LogP contribution in [-0.2, 0) is 10.0 Å². The number of carbonyl (C=O) groups is 1. The number of fused-ring (bicyclic) bond motifs is 2. The van der Waals surface area contributed by atoms with Crippen LogP contribution in [0.15, 0.2) is 71.8 Å². The molecular weight excluding hydrogens is 914 g/mol. The van der Waals surface area contributed by atoms with Gasteiger partial charge in [0, 0.05) is 62.3 Å². The van der Waals surface area contributed by atoms with Gasteiger partial charge in [-0.3, -0.25) is 19.8 Å². The van der Waals surface area contributed by atoms with Crippen LogP contribution >= 0.6 is 0 Å². The van der Waals surface area contributed by atoms with Crippen molar-refractivity contribution in [3.63, 3.8) is 0 Å². The van der Waals surface area contributed by atoms with Gasteiger partial charge in [0.2, 0.25) is 0 Å². The number of ether oxygens (including phenoxy) is 2. The molecule has 70 heavy (non-hydrogen) atoms. The summed E-state index contributed by atoms with van der Waals surface area (Å²) in [6.07, 6.45) is 9.43. The van der Waals surface area contributed by atoms with Crippen LogP contribution in [0, 0.1) is 27.3 Å². The van der Waals surface area contributed by atoms with Crippen molar-refractivity contribution >= 4 is 44.0 Å². The minimum absolute atomic E-state index is 0.0244. The minimum atomic E-state index is -4.73. The minimum Gasteiger partial charge on any atom is -0.489 e. The fraction of sp³-hybridized carbons (Fsp3) is 0.509. The summed E-state index contributed by atoms with van der Waals surface area (Å²) in [6, 6.07) is 17.9. The molecule has 3 aromatic carbocycles. The Bertz CT molecular complexity index is 2930. The first-order valence-electron chi connectivity index (χ1n) is 25.0. The standard InChI is InChI=1S/C53H64FN7O8S/c1-31(2)36-9-6-7-10-37(36)38-11-8-12-43(38)60-29-53(30-60)19-21-59(22-20-53)34-13-14-39(45(23-34)69-47-26-40-41(54)27-55-50(40)57-48(47)32(3)4)51(62)58-70(66,67)35-24-44(61(64)65)49-46(25-35)68-28-42(56-49)33-15-17-52(5,63)18-16-33/h6-7,9-10,13-14,23-27,31-33,38,42-43,56,63H,8,11-12,15-22,28-30H2,1-5H3,(H,55,57)(H,58,62)/t33?,38-,42-,43?,52?/m1/s1. The first-order chi connectivity index (χ1) is 33.4. The van der Waals surface area contributed by atoms with Crippen molar-refractivity contribution in [3.8, 4) is 17.2 Å². The van der Waals surface area contributed by atoms with E-state index in [4.69, 9.17) is 9.47 Å². The predicted octanol–water partition coefficient (Wildman–Crippen LogP) is 10.1. The summed E-state index contributed by atoms with van der Waals surface area (Å²) < 4.78 is 57.9. The Morgan fingerprint density at radius 2 is 1.73 bits per heavy atom. The number of nitro benzene ring substituents is 1. The molecule has 4 fully saturated rings. The van der Waals surface area contributed by atoms with E-state index in [2.05, 4.69) is 67.9 Å². The molecule has 10 rings (SSSR count). The number of carbonyl (C=O) groups excluding carboxylic acids is 1. The molecule has 372 valence electrons. The Labute approximate surface area is 408 Å². The number of nitrogens with one attached hydrogen (secondary N) is 3. The maximum absolute atomic E-state index is 15.0. The molecule has 2 saturated carbocycles. The number of pyridine rings is 1. The van der Waals surface area contributed by atoms with Crippen LogP contribution in [0.5, 0.6) is 17.2 Å². The van der Waals surface area contributed by atoms with E-state index in [1.165, 1.54) is 54.8 Å². The van der Waals surface area contributed by atoms with Gasteiger partial charge in [0.1, 0.15) is 29.6 Å². The number of aliphatic hydroxyl groups is 1. The van der Waals surface area contributed by atoms with Crippen LogP contribution < -0.4 is 24.4 Å². The summed E-state index contributed by atoms with van der Waals surface area (Å²) in [5.41, 5.74) is 3.46. The van der Waals surface area contributed by atoms with E-state index in [0.717, 1.165) is 50.8 Å². The highest BCUT2D eigenvalue weighted by Gasteiger charge is 2.49. The number of amides is 1. The number of halogens is 1. The largest absolute Gasteiger partial charge is 0.489 e. The summed E-state index contributed by atoms with van der Waals surface area (Å²) in [5.74, 6) is -0.413. The number of likely N-dealkylation sites (tertiary alicyclic amines) is 1. The lowest BCUT2D eigenvalue weighted by Crippen LogP contribution is -2.63. The molecular formula is C53H64FN7O8S. The molecule has 1 spiro atoms. The topological polar surface area (TPSA) is 192 Å². The number of H-pyrrole nitrogens is 1. The average Bonchev–Trinajstić information content (AvgIpc) is 3.96. The van der Waals surface area contributed by atoms with Crippen molar-refractivity contribution in [2.75, 3.05) is 43.0 Å². The van der Waals surface area contributed by atoms with E-state index >= 15 is 0 Å². The lowest BCUT2D eigenvalue weighted by molar-refractivity contribution is -0.384. The Hall–Kier alpha value is -5.78. The number of aromatic amines is 1. The fourth-order valence-electron chi connectivity index (χ4n) is 12.0. The fourth-order valence-corrected chi connectivity index (χ4v) is 13.0. The van der Waals surface area contributed by atoms with Gasteiger partial charge in [-0.05, 0) is 117 Å². The molecule has 0 radical (unpaired) electrons. The highest BCUT2D eigenvalue weighted by molar-refractivity contribution is 7.90. The van der Waals surface area contributed by atoms with Crippen LogP contribution in [0.4, 0.5) is 21.5 Å². The molecule has 15 nitrogen and oxygen atoms in total. The SMILES string of the molecule is CC(C)c1ccccc1[C@H]1CCCC1N1CC2(CCN(c3ccc(C(=O)NS(=O)(=O)c4cc5c(c([N+](=O)[O-])c4)N[C@@H](C4CCC(C)(O)CC4)CO5)c(Oc4cc5c(F)c[nH]c5nc4C(C)C)c3)CC2)C1. The molecule has 1 amide bonds. The molecule has 5 aromatic rings. The van der Waals surface area contributed by atoms with Crippen molar-refractivity contribution in [2.45, 2.75) is 133 Å². The molecule has 2 saturated heterocycles. The smallest absolute Gasteiger partial charge is 0.297 e. The van der Waals surface area contributed by atoms with Gasteiger partial charge in [0.25, 0.3) is 21.6 Å². The zero-order valence-electron chi connectivity index (χ0n) is 40.6. The van der Waals surface area contributed by atoms with Crippen LogP contribution in [0.1, 0.15) is 137 Å². The normalized spacial score (nSPS) is 24.6. The van der Waals surface area contributed by atoms with Crippen molar-refractivity contribution in [1.82, 2.24) is 19.6 Å². The number of anilines is 2.